The summed E-state index contributed by atoms with van der Waals surface area (Å²) in [5.74, 6) is 0.369. The van der Waals surface area contributed by atoms with Crippen molar-refractivity contribution in [3.05, 3.63) is 48.7 Å². The van der Waals surface area contributed by atoms with Gasteiger partial charge < -0.3 is 15.1 Å². The van der Waals surface area contributed by atoms with Gasteiger partial charge in [0.2, 0.25) is 5.91 Å². The predicted molar refractivity (Wildman–Crippen MR) is 87.4 cm³/mol. The van der Waals surface area contributed by atoms with Gasteiger partial charge in [-0.2, -0.15) is 0 Å². The number of pyridine rings is 1. The fourth-order valence-corrected chi connectivity index (χ4v) is 2.49. The Bertz CT molecular complexity index is 686. The van der Waals surface area contributed by atoms with E-state index >= 15 is 0 Å². The van der Waals surface area contributed by atoms with Crippen molar-refractivity contribution in [1.82, 2.24) is 25.2 Å². The summed E-state index contributed by atoms with van der Waals surface area (Å²) in [5, 5.41) is 2.61. The Morgan fingerprint density at radius 1 is 1.04 bits per heavy atom. The van der Waals surface area contributed by atoms with Crippen LogP contribution in [0.2, 0.25) is 0 Å². The van der Waals surface area contributed by atoms with E-state index in [1.165, 1.54) is 0 Å². The van der Waals surface area contributed by atoms with E-state index in [0.717, 1.165) is 5.82 Å². The van der Waals surface area contributed by atoms with E-state index in [1.807, 2.05) is 0 Å². The number of aromatic nitrogens is 3. The Kier molecular flexibility index (Phi) is 4.95. The molecule has 0 atom stereocenters. The summed E-state index contributed by atoms with van der Waals surface area (Å²) >= 11 is 0. The van der Waals surface area contributed by atoms with Gasteiger partial charge in [0.25, 0.3) is 5.91 Å². The third-order valence-corrected chi connectivity index (χ3v) is 3.80. The van der Waals surface area contributed by atoms with Gasteiger partial charge in [0.15, 0.2) is 0 Å². The molecule has 0 bridgehead atoms. The maximum absolute atomic E-state index is 12.2. The highest BCUT2D eigenvalue weighted by Crippen LogP contribution is 2.11. The summed E-state index contributed by atoms with van der Waals surface area (Å²) in [5.41, 5.74) is 0.303. The van der Waals surface area contributed by atoms with Crippen LogP contribution >= 0.6 is 0 Å². The summed E-state index contributed by atoms with van der Waals surface area (Å²) in [4.78, 5) is 40.2. The molecule has 0 radical (unpaired) electrons. The molecular formula is C16H18N6O2. The van der Waals surface area contributed by atoms with Gasteiger partial charge in [-0.1, -0.05) is 6.07 Å². The van der Waals surface area contributed by atoms with Gasteiger partial charge in [0.1, 0.15) is 11.5 Å². The fourth-order valence-electron chi connectivity index (χ4n) is 2.49. The average Bonchev–Trinajstić information content (AvgIpc) is 2.67. The van der Waals surface area contributed by atoms with Gasteiger partial charge in [0, 0.05) is 44.8 Å². The molecule has 0 spiro atoms. The molecule has 1 N–H and O–H groups in total. The van der Waals surface area contributed by atoms with Crippen molar-refractivity contribution in [2.45, 2.75) is 0 Å². The SMILES string of the molecule is O=C(NCC(=O)N1CCN(c2cnccn2)CC1)c1ccccn1. The lowest BCUT2D eigenvalue weighted by molar-refractivity contribution is -0.130. The zero-order chi connectivity index (χ0) is 16.8. The summed E-state index contributed by atoms with van der Waals surface area (Å²) in [6, 6.07) is 5.08. The molecule has 0 aromatic carbocycles. The minimum atomic E-state index is -0.345. The lowest BCUT2D eigenvalue weighted by Crippen LogP contribution is -2.51. The number of amides is 2. The number of hydrogen-bond donors (Lipinski definition) is 1. The number of rotatable bonds is 4. The molecule has 1 aliphatic rings. The first-order valence-corrected chi connectivity index (χ1v) is 7.72. The second-order valence-electron chi connectivity index (χ2n) is 5.33. The molecular weight excluding hydrogens is 308 g/mol. The molecule has 0 saturated carbocycles. The van der Waals surface area contributed by atoms with Crippen LogP contribution in [0.5, 0.6) is 0 Å². The lowest BCUT2D eigenvalue weighted by atomic mass is 10.3. The molecule has 1 saturated heterocycles. The van der Waals surface area contributed by atoms with Crippen molar-refractivity contribution < 1.29 is 9.59 Å². The first kappa shape index (κ1) is 15.9. The number of anilines is 1. The standard InChI is InChI=1S/C16H18N6O2/c23-15(12-20-16(24)13-3-1-2-4-18-13)22-9-7-21(8-10-22)14-11-17-5-6-19-14/h1-6,11H,7-10,12H2,(H,20,24). The van der Waals surface area contributed by atoms with Crippen LogP contribution in [0.1, 0.15) is 10.5 Å². The minimum Gasteiger partial charge on any atom is -0.352 e. The van der Waals surface area contributed by atoms with E-state index in [-0.39, 0.29) is 18.4 Å². The van der Waals surface area contributed by atoms with E-state index in [2.05, 4.69) is 25.2 Å². The van der Waals surface area contributed by atoms with Crippen molar-refractivity contribution in [3.63, 3.8) is 0 Å². The second kappa shape index (κ2) is 7.49. The molecule has 1 fully saturated rings. The molecule has 8 heteroatoms. The van der Waals surface area contributed by atoms with Crippen LogP contribution in [-0.2, 0) is 4.79 Å². The van der Waals surface area contributed by atoms with E-state index < -0.39 is 0 Å². The molecule has 3 rings (SSSR count). The number of nitrogens with zero attached hydrogens (tertiary/aromatic N) is 5. The summed E-state index contributed by atoms with van der Waals surface area (Å²) < 4.78 is 0. The number of piperazine rings is 1. The van der Waals surface area contributed by atoms with Crippen LogP contribution in [0.25, 0.3) is 0 Å². The van der Waals surface area contributed by atoms with Crippen molar-refractivity contribution in [1.29, 1.82) is 0 Å². The van der Waals surface area contributed by atoms with Crippen molar-refractivity contribution in [2.75, 3.05) is 37.6 Å². The number of nitrogens with one attached hydrogen (secondary N) is 1. The van der Waals surface area contributed by atoms with Crippen molar-refractivity contribution in [2.24, 2.45) is 0 Å². The molecule has 2 aromatic rings. The Hall–Kier alpha value is -3.03. The van der Waals surface area contributed by atoms with Crippen LogP contribution in [0.3, 0.4) is 0 Å². The first-order chi connectivity index (χ1) is 11.7. The average molecular weight is 326 g/mol. The monoisotopic (exact) mass is 326 g/mol. The molecule has 1 aliphatic heterocycles. The Balaban J connectivity index is 1.46. The van der Waals surface area contributed by atoms with Crippen LogP contribution < -0.4 is 10.2 Å². The minimum absolute atomic E-state index is 0.0272. The number of carbonyl (C=O) groups is 2. The third kappa shape index (κ3) is 3.83. The fraction of sp³-hybridized carbons (Fsp3) is 0.312. The van der Waals surface area contributed by atoms with E-state index in [0.29, 0.717) is 31.9 Å². The normalized spacial score (nSPS) is 14.3. The van der Waals surface area contributed by atoms with Crippen LogP contribution in [-0.4, -0.2) is 64.4 Å². The van der Waals surface area contributed by atoms with Crippen molar-refractivity contribution in [3.8, 4) is 0 Å². The van der Waals surface area contributed by atoms with Gasteiger partial charge in [-0.3, -0.25) is 19.6 Å². The quantitative estimate of drug-likeness (QED) is 0.847. The zero-order valence-electron chi connectivity index (χ0n) is 13.1. The molecule has 2 amide bonds. The second-order valence-corrected chi connectivity index (χ2v) is 5.33. The molecule has 0 unspecified atom stereocenters. The van der Waals surface area contributed by atoms with Crippen molar-refractivity contribution >= 4 is 17.6 Å². The maximum Gasteiger partial charge on any atom is 0.270 e. The van der Waals surface area contributed by atoms with Crippen LogP contribution in [0, 0.1) is 0 Å². The van der Waals surface area contributed by atoms with Gasteiger partial charge >= 0.3 is 0 Å². The summed E-state index contributed by atoms with van der Waals surface area (Å²) in [6.07, 6.45) is 6.54. The molecule has 2 aromatic heterocycles. The highest BCUT2D eigenvalue weighted by atomic mass is 16.2. The van der Waals surface area contributed by atoms with Crippen LogP contribution in [0.4, 0.5) is 5.82 Å². The van der Waals surface area contributed by atoms with Gasteiger partial charge in [-0.15, -0.1) is 0 Å². The van der Waals surface area contributed by atoms with Gasteiger partial charge in [-0.25, -0.2) is 4.98 Å². The number of carbonyl (C=O) groups excluding carboxylic acids is 2. The van der Waals surface area contributed by atoms with Crippen LogP contribution in [0.15, 0.2) is 43.0 Å². The maximum atomic E-state index is 12.2. The Morgan fingerprint density at radius 3 is 2.54 bits per heavy atom. The zero-order valence-corrected chi connectivity index (χ0v) is 13.1. The largest absolute Gasteiger partial charge is 0.352 e. The summed E-state index contributed by atoms with van der Waals surface area (Å²) in [7, 11) is 0. The topological polar surface area (TPSA) is 91.3 Å². The van der Waals surface area contributed by atoms with Gasteiger partial charge in [0.05, 0.1) is 12.7 Å². The first-order valence-electron chi connectivity index (χ1n) is 7.72. The predicted octanol–water partition coefficient (Wildman–Crippen LogP) is -0.0498. The van der Waals surface area contributed by atoms with E-state index in [4.69, 9.17) is 0 Å². The lowest BCUT2D eigenvalue weighted by Gasteiger charge is -2.35. The van der Waals surface area contributed by atoms with E-state index in [9.17, 15) is 9.59 Å². The highest BCUT2D eigenvalue weighted by Gasteiger charge is 2.22. The summed E-state index contributed by atoms with van der Waals surface area (Å²) in [6.45, 7) is 2.54. The Labute approximate surface area is 139 Å². The van der Waals surface area contributed by atoms with E-state index in [1.54, 1.807) is 47.9 Å². The highest BCUT2D eigenvalue weighted by molar-refractivity contribution is 5.94. The third-order valence-electron chi connectivity index (χ3n) is 3.80. The smallest absolute Gasteiger partial charge is 0.270 e. The number of hydrogen-bond acceptors (Lipinski definition) is 6. The molecule has 24 heavy (non-hydrogen) atoms. The molecule has 3 heterocycles. The van der Waals surface area contributed by atoms with Gasteiger partial charge in [-0.05, 0) is 12.1 Å². The molecule has 0 aliphatic carbocycles. The molecule has 124 valence electrons. The molecule has 8 nitrogen and oxygen atoms in total. The Morgan fingerprint density at radius 2 is 1.88 bits per heavy atom.